The Balaban J connectivity index is 2.29. The van der Waals surface area contributed by atoms with E-state index in [2.05, 4.69) is 0 Å². The zero-order valence-corrected chi connectivity index (χ0v) is 11.5. The van der Waals surface area contributed by atoms with Gasteiger partial charge in [0.1, 0.15) is 23.4 Å². The first-order chi connectivity index (χ1) is 9.93. The molecule has 0 saturated heterocycles. The summed E-state index contributed by atoms with van der Waals surface area (Å²) in [7, 11) is 1.74. The largest absolute Gasteiger partial charge is 0.339 e. The molecule has 21 heavy (non-hydrogen) atoms. The molecule has 0 aliphatic rings. The van der Waals surface area contributed by atoms with Gasteiger partial charge in [0.15, 0.2) is 5.78 Å². The van der Waals surface area contributed by atoms with Gasteiger partial charge in [-0.1, -0.05) is 0 Å². The number of carbonyl (C=O) groups is 1. The molecule has 0 aliphatic carbocycles. The normalized spacial score (nSPS) is 10.8. The van der Waals surface area contributed by atoms with E-state index >= 15 is 0 Å². The summed E-state index contributed by atoms with van der Waals surface area (Å²) in [5.41, 5.74) is 1.79. The third-order valence-corrected chi connectivity index (χ3v) is 3.30. The van der Waals surface area contributed by atoms with Crippen molar-refractivity contribution in [1.82, 2.24) is 4.57 Å². The van der Waals surface area contributed by atoms with Crippen molar-refractivity contribution in [3.63, 3.8) is 0 Å². The minimum absolute atomic E-state index is 0.193. The lowest BCUT2D eigenvalue weighted by atomic mass is 10.1. The molecular formula is C16H12F2N2O. The Kier molecular flexibility index (Phi) is 3.99. The van der Waals surface area contributed by atoms with E-state index in [0.29, 0.717) is 17.3 Å². The predicted octanol–water partition coefficient (Wildman–Crippen LogP) is 3.38. The molecule has 0 radical (unpaired) electrons. The van der Waals surface area contributed by atoms with Crippen molar-refractivity contribution >= 4 is 11.9 Å². The Morgan fingerprint density at radius 1 is 1.33 bits per heavy atom. The number of benzene rings is 1. The van der Waals surface area contributed by atoms with Gasteiger partial charge in [-0.15, -0.1) is 0 Å². The van der Waals surface area contributed by atoms with Gasteiger partial charge in [0.05, 0.1) is 5.56 Å². The van der Waals surface area contributed by atoms with E-state index in [9.17, 15) is 13.6 Å². The van der Waals surface area contributed by atoms with Gasteiger partial charge in [-0.3, -0.25) is 4.79 Å². The van der Waals surface area contributed by atoms with E-state index in [1.165, 1.54) is 12.2 Å². The fourth-order valence-corrected chi connectivity index (χ4v) is 1.94. The summed E-state index contributed by atoms with van der Waals surface area (Å²) in [6, 6.07) is 6.48. The number of nitriles is 1. The number of rotatable bonds is 3. The quantitative estimate of drug-likeness (QED) is 0.641. The molecule has 1 aromatic carbocycles. The molecule has 0 N–H and O–H groups in total. The van der Waals surface area contributed by atoms with Crippen LogP contribution in [0.15, 0.2) is 30.3 Å². The minimum atomic E-state index is -0.896. The first-order valence-corrected chi connectivity index (χ1v) is 6.18. The van der Waals surface area contributed by atoms with Crippen molar-refractivity contribution < 1.29 is 13.6 Å². The standard InChI is InChI=1S/C16H12F2N2O/c1-10-11(7-13(9-19)20(10)2)3-6-16(21)14-5-4-12(17)8-15(14)18/h3-8H,1-2H3/b6-3+. The predicted molar refractivity (Wildman–Crippen MR) is 74.6 cm³/mol. The summed E-state index contributed by atoms with van der Waals surface area (Å²) in [5, 5.41) is 8.93. The number of hydrogen-bond donors (Lipinski definition) is 0. The Labute approximate surface area is 120 Å². The molecule has 0 aliphatic heterocycles. The monoisotopic (exact) mass is 286 g/mol. The van der Waals surface area contributed by atoms with Gasteiger partial charge < -0.3 is 4.57 Å². The lowest BCUT2D eigenvalue weighted by molar-refractivity contribution is 0.104. The van der Waals surface area contributed by atoms with Crippen LogP contribution in [0.1, 0.15) is 27.3 Å². The van der Waals surface area contributed by atoms with Crippen molar-refractivity contribution in [2.45, 2.75) is 6.92 Å². The number of ketones is 1. The highest BCUT2D eigenvalue weighted by Crippen LogP contribution is 2.16. The Hall–Kier alpha value is -2.74. The van der Waals surface area contributed by atoms with Crippen LogP contribution in [0.25, 0.3) is 6.08 Å². The highest BCUT2D eigenvalue weighted by molar-refractivity contribution is 6.07. The van der Waals surface area contributed by atoms with Crippen molar-refractivity contribution in [3.8, 4) is 6.07 Å². The molecule has 0 bridgehead atoms. The molecule has 0 unspecified atom stereocenters. The number of allylic oxidation sites excluding steroid dienone is 1. The average molecular weight is 286 g/mol. The van der Waals surface area contributed by atoms with Crippen LogP contribution in [0.5, 0.6) is 0 Å². The Morgan fingerprint density at radius 2 is 2.05 bits per heavy atom. The molecular weight excluding hydrogens is 274 g/mol. The summed E-state index contributed by atoms with van der Waals surface area (Å²) in [6.45, 7) is 1.81. The number of aromatic nitrogens is 1. The third-order valence-electron chi connectivity index (χ3n) is 3.30. The maximum Gasteiger partial charge on any atom is 0.188 e. The molecule has 1 heterocycles. The molecule has 2 rings (SSSR count). The molecule has 0 saturated carbocycles. The lowest BCUT2D eigenvalue weighted by Crippen LogP contribution is -1.99. The first-order valence-electron chi connectivity index (χ1n) is 6.18. The highest BCUT2D eigenvalue weighted by Gasteiger charge is 2.11. The fraction of sp³-hybridized carbons (Fsp3) is 0.125. The molecule has 2 aromatic rings. The molecule has 5 heteroatoms. The Bertz CT molecular complexity index is 782. The van der Waals surface area contributed by atoms with Gasteiger partial charge in [0.25, 0.3) is 0 Å². The van der Waals surface area contributed by atoms with E-state index < -0.39 is 17.4 Å². The van der Waals surface area contributed by atoms with E-state index in [1.807, 2.05) is 13.0 Å². The average Bonchev–Trinajstić information content (AvgIpc) is 2.72. The Morgan fingerprint density at radius 3 is 2.62 bits per heavy atom. The lowest BCUT2D eigenvalue weighted by Gasteiger charge is -1.99. The van der Waals surface area contributed by atoms with Crippen molar-refractivity contribution in [3.05, 3.63) is 64.5 Å². The van der Waals surface area contributed by atoms with Gasteiger partial charge in [-0.2, -0.15) is 5.26 Å². The minimum Gasteiger partial charge on any atom is -0.339 e. The van der Waals surface area contributed by atoms with E-state index in [1.54, 1.807) is 17.7 Å². The summed E-state index contributed by atoms with van der Waals surface area (Å²) in [6.07, 6.45) is 2.72. The highest BCUT2D eigenvalue weighted by atomic mass is 19.1. The maximum absolute atomic E-state index is 13.5. The second-order valence-corrected chi connectivity index (χ2v) is 4.56. The number of halogens is 2. The van der Waals surface area contributed by atoms with Crippen LogP contribution in [0.3, 0.4) is 0 Å². The molecule has 0 atom stereocenters. The van der Waals surface area contributed by atoms with Crippen LogP contribution >= 0.6 is 0 Å². The van der Waals surface area contributed by atoms with Crippen molar-refractivity contribution in [2.24, 2.45) is 7.05 Å². The van der Waals surface area contributed by atoms with Gasteiger partial charge in [-0.05, 0) is 42.8 Å². The topological polar surface area (TPSA) is 45.8 Å². The molecule has 0 amide bonds. The van der Waals surface area contributed by atoms with Crippen LogP contribution in [0, 0.1) is 29.9 Å². The van der Waals surface area contributed by atoms with Gasteiger partial charge in [0, 0.05) is 18.8 Å². The molecule has 106 valence electrons. The summed E-state index contributed by atoms with van der Waals surface area (Å²) < 4.78 is 28.0. The summed E-state index contributed by atoms with van der Waals surface area (Å²) >= 11 is 0. The fourth-order valence-electron chi connectivity index (χ4n) is 1.94. The van der Waals surface area contributed by atoms with E-state index in [-0.39, 0.29) is 5.56 Å². The van der Waals surface area contributed by atoms with E-state index in [0.717, 1.165) is 17.8 Å². The SMILES string of the molecule is Cc1c(/C=C/C(=O)c2ccc(F)cc2F)cc(C#N)n1C. The molecule has 1 aromatic heterocycles. The third kappa shape index (κ3) is 2.90. The van der Waals surface area contributed by atoms with Gasteiger partial charge >= 0.3 is 0 Å². The van der Waals surface area contributed by atoms with Crippen LogP contribution in [-0.4, -0.2) is 10.4 Å². The molecule has 3 nitrogen and oxygen atoms in total. The molecule has 0 fully saturated rings. The molecule has 0 spiro atoms. The number of nitrogens with zero attached hydrogens (tertiary/aromatic N) is 2. The maximum atomic E-state index is 13.5. The zero-order chi connectivity index (χ0) is 15.6. The van der Waals surface area contributed by atoms with Crippen LogP contribution < -0.4 is 0 Å². The van der Waals surface area contributed by atoms with Crippen LogP contribution in [-0.2, 0) is 7.05 Å². The zero-order valence-electron chi connectivity index (χ0n) is 11.5. The second kappa shape index (κ2) is 5.71. The van der Waals surface area contributed by atoms with Crippen LogP contribution in [0.4, 0.5) is 8.78 Å². The van der Waals surface area contributed by atoms with E-state index in [4.69, 9.17) is 5.26 Å². The summed E-state index contributed by atoms with van der Waals surface area (Å²) in [4.78, 5) is 11.9. The number of carbonyl (C=O) groups excluding carboxylic acids is 1. The second-order valence-electron chi connectivity index (χ2n) is 4.56. The van der Waals surface area contributed by atoms with Crippen molar-refractivity contribution in [1.29, 1.82) is 5.26 Å². The van der Waals surface area contributed by atoms with Gasteiger partial charge in [-0.25, -0.2) is 8.78 Å². The first kappa shape index (κ1) is 14.7. The van der Waals surface area contributed by atoms with Crippen LogP contribution in [0.2, 0.25) is 0 Å². The van der Waals surface area contributed by atoms with Crippen molar-refractivity contribution in [2.75, 3.05) is 0 Å². The number of hydrogen-bond acceptors (Lipinski definition) is 2. The smallest absolute Gasteiger partial charge is 0.188 e. The summed E-state index contributed by atoms with van der Waals surface area (Å²) in [5.74, 6) is -2.19. The van der Waals surface area contributed by atoms with Gasteiger partial charge in [0.2, 0.25) is 0 Å².